The monoisotopic (exact) mass is 254 g/mol. The van der Waals surface area contributed by atoms with Crippen LogP contribution in [0, 0.1) is 5.92 Å². The van der Waals surface area contributed by atoms with Crippen LogP contribution in [0.4, 0.5) is 0 Å². The zero-order chi connectivity index (χ0) is 9.97. The van der Waals surface area contributed by atoms with E-state index in [1.165, 1.54) is 18.4 Å². The van der Waals surface area contributed by atoms with Crippen LogP contribution in [-0.2, 0) is 4.74 Å². The Kier molecular flexibility index (Phi) is 3.24. The Morgan fingerprint density at radius 2 is 2.07 bits per heavy atom. The van der Waals surface area contributed by atoms with Gasteiger partial charge in [-0.1, -0.05) is 28.1 Å². The van der Waals surface area contributed by atoms with Crippen molar-refractivity contribution in [2.24, 2.45) is 5.92 Å². The molecule has 1 aromatic carbocycles. The van der Waals surface area contributed by atoms with Crippen molar-refractivity contribution >= 4 is 15.9 Å². The predicted octanol–water partition coefficient (Wildman–Crippen LogP) is 3.59. The van der Waals surface area contributed by atoms with Gasteiger partial charge in [-0.25, -0.2) is 0 Å². The lowest BCUT2D eigenvalue weighted by atomic mass is 10.1. The van der Waals surface area contributed by atoms with E-state index in [4.69, 9.17) is 4.74 Å². The Morgan fingerprint density at radius 3 is 2.71 bits per heavy atom. The van der Waals surface area contributed by atoms with Crippen molar-refractivity contribution in [3.63, 3.8) is 0 Å². The van der Waals surface area contributed by atoms with Crippen molar-refractivity contribution in [2.75, 3.05) is 13.7 Å². The van der Waals surface area contributed by atoms with E-state index in [0.717, 1.165) is 22.9 Å². The van der Waals surface area contributed by atoms with Gasteiger partial charge in [0.15, 0.2) is 0 Å². The molecule has 14 heavy (non-hydrogen) atoms. The molecule has 0 bridgehead atoms. The molecule has 0 aliphatic heterocycles. The molecular weight excluding hydrogens is 240 g/mol. The summed E-state index contributed by atoms with van der Waals surface area (Å²) in [5.41, 5.74) is 1.48. The zero-order valence-electron chi connectivity index (χ0n) is 8.37. The smallest absolute Gasteiger partial charge is 0.0465 e. The SMILES string of the molecule is COCC[C@@H]1C[C@@H]1c1ccc(Br)cc1. The maximum absolute atomic E-state index is 5.09. The van der Waals surface area contributed by atoms with E-state index in [9.17, 15) is 0 Å². The van der Waals surface area contributed by atoms with E-state index in [-0.39, 0.29) is 0 Å². The summed E-state index contributed by atoms with van der Waals surface area (Å²) in [5, 5.41) is 0. The van der Waals surface area contributed by atoms with Crippen molar-refractivity contribution in [1.82, 2.24) is 0 Å². The number of halogens is 1. The highest BCUT2D eigenvalue weighted by Gasteiger charge is 2.37. The molecular formula is C12H15BrO. The minimum absolute atomic E-state index is 0.790. The van der Waals surface area contributed by atoms with Crippen LogP contribution in [0.2, 0.25) is 0 Å². The van der Waals surface area contributed by atoms with Crippen molar-refractivity contribution in [3.8, 4) is 0 Å². The fourth-order valence-corrected chi connectivity index (χ4v) is 2.22. The third kappa shape index (κ3) is 2.37. The highest BCUT2D eigenvalue weighted by atomic mass is 79.9. The van der Waals surface area contributed by atoms with Gasteiger partial charge >= 0.3 is 0 Å². The highest BCUT2D eigenvalue weighted by molar-refractivity contribution is 9.10. The first-order valence-electron chi connectivity index (χ1n) is 5.05. The molecule has 0 N–H and O–H groups in total. The fourth-order valence-electron chi connectivity index (χ4n) is 1.95. The van der Waals surface area contributed by atoms with Crippen LogP contribution in [0.1, 0.15) is 24.3 Å². The van der Waals surface area contributed by atoms with Gasteiger partial charge in [-0.3, -0.25) is 0 Å². The van der Waals surface area contributed by atoms with Gasteiger partial charge in [-0.15, -0.1) is 0 Å². The molecule has 2 heteroatoms. The lowest BCUT2D eigenvalue weighted by Gasteiger charge is -2.00. The van der Waals surface area contributed by atoms with Gasteiger partial charge in [0.05, 0.1) is 0 Å². The molecule has 0 saturated heterocycles. The number of hydrogen-bond acceptors (Lipinski definition) is 1. The summed E-state index contributed by atoms with van der Waals surface area (Å²) < 4.78 is 6.25. The molecule has 1 aromatic rings. The number of rotatable bonds is 4. The molecule has 1 fully saturated rings. The third-order valence-electron chi connectivity index (χ3n) is 2.91. The van der Waals surface area contributed by atoms with Gasteiger partial charge in [-0.05, 0) is 42.4 Å². The maximum atomic E-state index is 5.09. The molecule has 1 saturated carbocycles. The van der Waals surface area contributed by atoms with Gasteiger partial charge in [-0.2, -0.15) is 0 Å². The number of benzene rings is 1. The second-order valence-corrected chi connectivity index (χ2v) is 4.85. The van der Waals surface area contributed by atoms with E-state index in [1.54, 1.807) is 7.11 Å². The molecule has 0 unspecified atom stereocenters. The molecule has 0 aromatic heterocycles. The Morgan fingerprint density at radius 1 is 1.36 bits per heavy atom. The Hall–Kier alpha value is -0.340. The second-order valence-electron chi connectivity index (χ2n) is 3.94. The van der Waals surface area contributed by atoms with Crippen LogP contribution >= 0.6 is 15.9 Å². The largest absolute Gasteiger partial charge is 0.385 e. The molecule has 1 aliphatic carbocycles. The normalized spacial score (nSPS) is 25.0. The summed E-state index contributed by atoms with van der Waals surface area (Å²) in [5.74, 6) is 1.65. The van der Waals surface area contributed by atoms with E-state index in [1.807, 2.05) is 0 Å². The van der Waals surface area contributed by atoms with Crippen molar-refractivity contribution in [3.05, 3.63) is 34.3 Å². The summed E-state index contributed by atoms with van der Waals surface area (Å²) in [4.78, 5) is 0. The number of methoxy groups -OCH3 is 1. The van der Waals surface area contributed by atoms with E-state index in [2.05, 4.69) is 40.2 Å². The minimum atomic E-state index is 0.790. The van der Waals surface area contributed by atoms with E-state index < -0.39 is 0 Å². The van der Waals surface area contributed by atoms with Gasteiger partial charge < -0.3 is 4.74 Å². The van der Waals surface area contributed by atoms with Crippen LogP contribution in [0.15, 0.2) is 28.7 Å². The second kappa shape index (κ2) is 4.45. The molecule has 0 amide bonds. The maximum Gasteiger partial charge on any atom is 0.0465 e. The van der Waals surface area contributed by atoms with Crippen molar-refractivity contribution in [1.29, 1.82) is 0 Å². The van der Waals surface area contributed by atoms with Gasteiger partial charge in [0.2, 0.25) is 0 Å². The summed E-state index contributed by atoms with van der Waals surface area (Å²) >= 11 is 3.45. The fraction of sp³-hybridized carbons (Fsp3) is 0.500. The average Bonchev–Trinajstić information content (AvgIpc) is 2.95. The predicted molar refractivity (Wildman–Crippen MR) is 61.5 cm³/mol. The molecule has 76 valence electrons. The lowest BCUT2D eigenvalue weighted by Crippen LogP contribution is -1.91. The molecule has 1 nitrogen and oxygen atoms in total. The third-order valence-corrected chi connectivity index (χ3v) is 3.44. The molecule has 2 atom stereocenters. The minimum Gasteiger partial charge on any atom is -0.385 e. The Labute approximate surface area is 93.6 Å². The standard InChI is InChI=1S/C12H15BrO/c1-14-7-6-10-8-12(10)9-2-4-11(13)5-3-9/h2-5,10,12H,6-8H2,1H3/t10-,12-/m1/s1. The Balaban J connectivity index is 1.89. The summed E-state index contributed by atoms with van der Waals surface area (Å²) in [6, 6.07) is 8.70. The first-order chi connectivity index (χ1) is 6.81. The van der Waals surface area contributed by atoms with Gasteiger partial charge in [0.25, 0.3) is 0 Å². The van der Waals surface area contributed by atoms with Crippen LogP contribution in [-0.4, -0.2) is 13.7 Å². The van der Waals surface area contributed by atoms with Crippen LogP contribution in [0.5, 0.6) is 0 Å². The van der Waals surface area contributed by atoms with Crippen LogP contribution < -0.4 is 0 Å². The first kappa shape index (κ1) is 10.2. The van der Waals surface area contributed by atoms with Gasteiger partial charge in [0.1, 0.15) is 0 Å². The van der Waals surface area contributed by atoms with Crippen LogP contribution in [0.25, 0.3) is 0 Å². The summed E-state index contributed by atoms with van der Waals surface area (Å²) in [6.45, 7) is 0.900. The molecule has 0 heterocycles. The van der Waals surface area contributed by atoms with E-state index in [0.29, 0.717) is 0 Å². The summed E-state index contributed by atoms with van der Waals surface area (Å²) in [6.07, 6.45) is 2.54. The highest BCUT2D eigenvalue weighted by Crippen LogP contribution is 2.49. The van der Waals surface area contributed by atoms with Crippen molar-refractivity contribution < 1.29 is 4.74 Å². The van der Waals surface area contributed by atoms with Crippen LogP contribution in [0.3, 0.4) is 0 Å². The molecule has 0 radical (unpaired) electrons. The molecule has 0 spiro atoms. The summed E-state index contributed by atoms with van der Waals surface area (Å²) in [7, 11) is 1.77. The quantitative estimate of drug-likeness (QED) is 0.798. The molecule has 1 aliphatic rings. The van der Waals surface area contributed by atoms with Gasteiger partial charge in [0, 0.05) is 18.2 Å². The number of hydrogen-bond donors (Lipinski definition) is 0. The Bertz CT molecular complexity index is 294. The van der Waals surface area contributed by atoms with E-state index >= 15 is 0 Å². The zero-order valence-corrected chi connectivity index (χ0v) is 9.96. The van der Waals surface area contributed by atoms with Crippen molar-refractivity contribution in [2.45, 2.75) is 18.8 Å². The lowest BCUT2D eigenvalue weighted by molar-refractivity contribution is 0.189. The topological polar surface area (TPSA) is 9.23 Å². The number of ether oxygens (including phenoxy) is 1. The molecule has 2 rings (SSSR count). The first-order valence-corrected chi connectivity index (χ1v) is 5.85. The average molecular weight is 255 g/mol.